The molecule has 0 aromatic rings. The van der Waals surface area contributed by atoms with Crippen LogP contribution in [0.1, 0.15) is 33.6 Å². The molecule has 2 saturated heterocycles. The molecule has 2 heterocycles. The highest BCUT2D eigenvalue weighted by Gasteiger charge is 2.38. The summed E-state index contributed by atoms with van der Waals surface area (Å²) in [7, 11) is 0. The van der Waals surface area contributed by atoms with E-state index in [4.69, 9.17) is 0 Å². The first kappa shape index (κ1) is 17.7. The van der Waals surface area contributed by atoms with Gasteiger partial charge in [0.2, 0.25) is 11.8 Å². The fourth-order valence-electron chi connectivity index (χ4n) is 4.33. The van der Waals surface area contributed by atoms with Crippen molar-refractivity contribution in [2.75, 3.05) is 52.4 Å². The standard InChI is InChI=1S/C18H32N4O2/c1-4-22(16-5-6-16)18(24)13-19-11-14(2)17(12-19)21-9-7-20(8-10-21)15(3)23/h14,16-17H,4-13H2,1-3H3/t14-,17-/m0/s1. The van der Waals surface area contributed by atoms with E-state index in [1.807, 2.05) is 4.90 Å². The lowest BCUT2D eigenvalue weighted by Gasteiger charge is -2.39. The SMILES string of the molecule is CCN(C(=O)CN1C[C@H](C)[C@@H](N2CCN(C(C)=O)CC2)C1)C1CC1. The average Bonchev–Trinajstić information content (AvgIpc) is 3.31. The number of nitrogens with zero attached hydrogens (tertiary/aromatic N) is 4. The topological polar surface area (TPSA) is 47.1 Å². The van der Waals surface area contributed by atoms with Crippen molar-refractivity contribution in [1.82, 2.24) is 19.6 Å². The molecule has 3 aliphatic rings. The monoisotopic (exact) mass is 336 g/mol. The summed E-state index contributed by atoms with van der Waals surface area (Å²) in [5.41, 5.74) is 0. The van der Waals surface area contributed by atoms with Gasteiger partial charge in [-0.1, -0.05) is 6.92 Å². The Morgan fingerprint density at radius 3 is 2.29 bits per heavy atom. The number of hydrogen-bond donors (Lipinski definition) is 0. The van der Waals surface area contributed by atoms with Crippen molar-refractivity contribution in [2.45, 2.75) is 45.7 Å². The van der Waals surface area contributed by atoms with Crippen LogP contribution in [-0.4, -0.2) is 95.9 Å². The zero-order chi connectivity index (χ0) is 17.3. The Bertz CT molecular complexity index is 472. The van der Waals surface area contributed by atoms with Crippen molar-refractivity contribution >= 4 is 11.8 Å². The van der Waals surface area contributed by atoms with Gasteiger partial charge in [-0.3, -0.25) is 19.4 Å². The molecule has 24 heavy (non-hydrogen) atoms. The molecule has 3 rings (SSSR count). The number of piperazine rings is 1. The first-order chi connectivity index (χ1) is 11.5. The molecule has 2 amide bonds. The Morgan fingerprint density at radius 2 is 1.75 bits per heavy atom. The normalized spacial score (nSPS) is 29.0. The maximum absolute atomic E-state index is 12.5. The van der Waals surface area contributed by atoms with Gasteiger partial charge in [0.1, 0.15) is 0 Å². The molecule has 2 aliphatic heterocycles. The number of likely N-dealkylation sites (N-methyl/N-ethyl adjacent to an activating group) is 1. The molecule has 6 heteroatoms. The van der Waals surface area contributed by atoms with Crippen LogP contribution in [0, 0.1) is 5.92 Å². The molecule has 0 bridgehead atoms. The van der Waals surface area contributed by atoms with E-state index in [9.17, 15) is 9.59 Å². The van der Waals surface area contributed by atoms with Gasteiger partial charge in [-0.25, -0.2) is 0 Å². The fraction of sp³-hybridized carbons (Fsp3) is 0.889. The summed E-state index contributed by atoms with van der Waals surface area (Å²) in [5, 5.41) is 0. The molecule has 0 aromatic carbocycles. The second-order valence-corrected chi connectivity index (χ2v) is 7.69. The molecule has 1 saturated carbocycles. The van der Waals surface area contributed by atoms with E-state index in [1.165, 1.54) is 12.8 Å². The molecule has 2 atom stereocenters. The van der Waals surface area contributed by atoms with Crippen LogP contribution in [0.4, 0.5) is 0 Å². The number of amides is 2. The van der Waals surface area contributed by atoms with Gasteiger partial charge in [0.05, 0.1) is 6.54 Å². The van der Waals surface area contributed by atoms with Crippen molar-refractivity contribution in [3.8, 4) is 0 Å². The van der Waals surface area contributed by atoms with E-state index in [0.717, 1.165) is 45.8 Å². The quantitative estimate of drug-likeness (QED) is 0.733. The predicted octanol–water partition coefficient (Wildman–Crippen LogP) is 0.482. The maximum Gasteiger partial charge on any atom is 0.236 e. The third-order valence-corrected chi connectivity index (χ3v) is 5.88. The first-order valence-corrected chi connectivity index (χ1v) is 9.51. The van der Waals surface area contributed by atoms with Crippen LogP contribution in [-0.2, 0) is 9.59 Å². The Balaban J connectivity index is 1.49. The van der Waals surface area contributed by atoms with Crippen molar-refractivity contribution < 1.29 is 9.59 Å². The molecule has 0 spiro atoms. The fourth-order valence-corrected chi connectivity index (χ4v) is 4.33. The summed E-state index contributed by atoms with van der Waals surface area (Å²) < 4.78 is 0. The van der Waals surface area contributed by atoms with E-state index in [2.05, 4.69) is 28.5 Å². The van der Waals surface area contributed by atoms with Crippen molar-refractivity contribution in [3.63, 3.8) is 0 Å². The predicted molar refractivity (Wildman–Crippen MR) is 93.6 cm³/mol. The van der Waals surface area contributed by atoms with Crippen LogP contribution in [0.2, 0.25) is 0 Å². The maximum atomic E-state index is 12.5. The van der Waals surface area contributed by atoms with Crippen LogP contribution < -0.4 is 0 Å². The van der Waals surface area contributed by atoms with Gasteiger partial charge >= 0.3 is 0 Å². The minimum absolute atomic E-state index is 0.182. The lowest BCUT2D eigenvalue weighted by Crippen LogP contribution is -2.53. The van der Waals surface area contributed by atoms with Crippen molar-refractivity contribution in [1.29, 1.82) is 0 Å². The van der Waals surface area contributed by atoms with Crippen LogP contribution in [0.5, 0.6) is 0 Å². The Kier molecular flexibility index (Phi) is 5.45. The van der Waals surface area contributed by atoms with Crippen LogP contribution in [0.15, 0.2) is 0 Å². The highest BCUT2D eigenvalue weighted by molar-refractivity contribution is 5.79. The van der Waals surface area contributed by atoms with Crippen LogP contribution >= 0.6 is 0 Å². The van der Waals surface area contributed by atoms with Gasteiger partial charge in [-0.15, -0.1) is 0 Å². The molecule has 3 fully saturated rings. The minimum atomic E-state index is 0.182. The van der Waals surface area contributed by atoms with Gasteiger partial charge in [0, 0.05) is 64.8 Å². The largest absolute Gasteiger partial charge is 0.340 e. The second kappa shape index (κ2) is 7.40. The van der Waals surface area contributed by atoms with E-state index in [0.29, 0.717) is 30.5 Å². The van der Waals surface area contributed by atoms with Gasteiger partial charge < -0.3 is 9.80 Å². The van der Waals surface area contributed by atoms with Crippen molar-refractivity contribution in [2.24, 2.45) is 5.92 Å². The van der Waals surface area contributed by atoms with Gasteiger partial charge in [0.25, 0.3) is 0 Å². The zero-order valence-electron chi connectivity index (χ0n) is 15.4. The van der Waals surface area contributed by atoms with E-state index >= 15 is 0 Å². The average molecular weight is 336 g/mol. The molecular formula is C18H32N4O2. The lowest BCUT2D eigenvalue weighted by atomic mass is 10.0. The Hall–Kier alpha value is -1.14. The summed E-state index contributed by atoms with van der Waals surface area (Å²) in [5.74, 6) is 1.06. The van der Waals surface area contributed by atoms with Gasteiger partial charge in [-0.05, 0) is 25.7 Å². The summed E-state index contributed by atoms with van der Waals surface area (Å²) in [4.78, 5) is 32.9. The Morgan fingerprint density at radius 1 is 1.08 bits per heavy atom. The number of likely N-dealkylation sites (tertiary alicyclic amines) is 1. The molecule has 1 aliphatic carbocycles. The summed E-state index contributed by atoms with van der Waals surface area (Å²) in [6.45, 7) is 13.0. The third kappa shape index (κ3) is 3.91. The van der Waals surface area contributed by atoms with Crippen LogP contribution in [0.3, 0.4) is 0 Å². The highest BCUT2D eigenvalue weighted by atomic mass is 16.2. The summed E-state index contributed by atoms with van der Waals surface area (Å²) >= 11 is 0. The van der Waals surface area contributed by atoms with Gasteiger partial charge in [0.15, 0.2) is 0 Å². The lowest BCUT2D eigenvalue weighted by molar-refractivity contribution is -0.133. The second-order valence-electron chi connectivity index (χ2n) is 7.69. The molecule has 0 aromatic heterocycles. The molecule has 136 valence electrons. The van der Waals surface area contributed by atoms with E-state index in [-0.39, 0.29) is 5.91 Å². The highest BCUT2D eigenvalue weighted by Crippen LogP contribution is 2.28. The molecule has 0 unspecified atom stereocenters. The summed E-state index contributed by atoms with van der Waals surface area (Å²) in [6.07, 6.45) is 2.36. The number of carbonyl (C=O) groups excluding carboxylic acids is 2. The third-order valence-electron chi connectivity index (χ3n) is 5.88. The number of hydrogen-bond acceptors (Lipinski definition) is 4. The van der Waals surface area contributed by atoms with E-state index < -0.39 is 0 Å². The molecule has 0 radical (unpaired) electrons. The summed E-state index contributed by atoms with van der Waals surface area (Å²) in [6, 6.07) is 1.03. The molecular weight excluding hydrogens is 304 g/mol. The smallest absolute Gasteiger partial charge is 0.236 e. The zero-order valence-corrected chi connectivity index (χ0v) is 15.4. The minimum Gasteiger partial charge on any atom is -0.340 e. The Labute approximate surface area is 145 Å². The number of rotatable bonds is 5. The molecule has 0 N–H and O–H groups in total. The van der Waals surface area contributed by atoms with E-state index in [1.54, 1.807) is 6.92 Å². The van der Waals surface area contributed by atoms with Crippen molar-refractivity contribution in [3.05, 3.63) is 0 Å². The number of carbonyl (C=O) groups is 2. The van der Waals surface area contributed by atoms with Crippen LogP contribution in [0.25, 0.3) is 0 Å². The molecule has 6 nitrogen and oxygen atoms in total. The first-order valence-electron chi connectivity index (χ1n) is 9.51. The van der Waals surface area contributed by atoms with Gasteiger partial charge in [-0.2, -0.15) is 0 Å².